The molecule has 1 unspecified atom stereocenters. The zero-order chi connectivity index (χ0) is 11.4. The van der Waals surface area contributed by atoms with E-state index in [2.05, 4.69) is 0 Å². The summed E-state index contributed by atoms with van der Waals surface area (Å²) in [5.74, 6) is 0.733. The molecular formula is C14H26O2. The van der Waals surface area contributed by atoms with Crippen molar-refractivity contribution in [1.29, 1.82) is 0 Å². The van der Waals surface area contributed by atoms with Crippen LogP contribution in [0.4, 0.5) is 0 Å². The van der Waals surface area contributed by atoms with Gasteiger partial charge in [0.05, 0.1) is 12.2 Å². The summed E-state index contributed by atoms with van der Waals surface area (Å²) in [5, 5.41) is 20.5. The molecule has 94 valence electrons. The highest BCUT2D eigenvalue weighted by Crippen LogP contribution is 2.33. The van der Waals surface area contributed by atoms with Crippen molar-refractivity contribution in [1.82, 2.24) is 0 Å². The molecule has 0 spiro atoms. The van der Waals surface area contributed by atoms with Crippen molar-refractivity contribution in [2.75, 3.05) is 0 Å². The van der Waals surface area contributed by atoms with Crippen LogP contribution >= 0.6 is 0 Å². The molecule has 0 bridgehead atoms. The lowest BCUT2D eigenvalue weighted by molar-refractivity contribution is -0.0623. The van der Waals surface area contributed by atoms with Crippen LogP contribution in [0.2, 0.25) is 0 Å². The van der Waals surface area contributed by atoms with E-state index in [9.17, 15) is 10.2 Å². The second-order valence-electron chi connectivity index (χ2n) is 5.78. The fourth-order valence-electron chi connectivity index (χ4n) is 3.51. The molecule has 2 heteroatoms. The highest BCUT2D eigenvalue weighted by atomic mass is 16.3. The van der Waals surface area contributed by atoms with Crippen molar-refractivity contribution in [3.63, 3.8) is 0 Å². The Hall–Kier alpha value is -0.0800. The Bertz CT molecular complexity index is 171. The third-order valence-corrected chi connectivity index (χ3v) is 4.62. The normalized spacial score (nSPS) is 28.9. The van der Waals surface area contributed by atoms with E-state index in [0.717, 1.165) is 25.7 Å². The lowest BCUT2D eigenvalue weighted by Gasteiger charge is -2.35. The van der Waals surface area contributed by atoms with Crippen LogP contribution in [0.3, 0.4) is 0 Å². The molecule has 0 radical (unpaired) electrons. The third-order valence-electron chi connectivity index (χ3n) is 4.62. The average Bonchev–Trinajstić information content (AvgIpc) is 2.39. The molecule has 2 saturated carbocycles. The Morgan fingerprint density at radius 2 is 0.875 bits per heavy atom. The van der Waals surface area contributed by atoms with Gasteiger partial charge in [0.2, 0.25) is 0 Å². The molecule has 0 aromatic carbocycles. The van der Waals surface area contributed by atoms with Crippen LogP contribution in [0.5, 0.6) is 0 Å². The van der Waals surface area contributed by atoms with Gasteiger partial charge in [-0.3, -0.25) is 0 Å². The van der Waals surface area contributed by atoms with Gasteiger partial charge in [-0.15, -0.1) is 0 Å². The van der Waals surface area contributed by atoms with Crippen LogP contribution in [-0.2, 0) is 0 Å². The van der Waals surface area contributed by atoms with Crippen LogP contribution in [0, 0.1) is 11.8 Å². The lowest BCUT2D eigenvalue weighted by Crippen LogP contribution is -2.40. The predicted octanol–water partition coefficient (Wildman–Crippen LogP) is 2.87. The van der Waals surface area contributed by atoms with Crippen LogP contribution < -0.4 is 0 Å². The minimum atomic E-state index is -0.455. The van der Waals surface area contributed by atoms with E-state index in [-0.39, 0.29) is 0 Å². The van der Waals surface area contributed by atoms with E-state index in [1.807, 2.05) is 0 Å². The Labute approximate surface area is 99.1 Å². The summed E-state index contributed by atoms with van der Waals surface area (Å²) in [5.41, 5.74) is 0. The highest BCUT2D eigenvalue weighted by Gasteiger charge is 2.33. The van der Waals surface area contributed by atoms with E-state index in [1.165, 1.54) is 38.5 Å². The van der Waals surface area contributed by atoms with Gasteiger partial charge in [-0.05, 0) is 37.5 Å². The van der Waals surface area contributed by atoms with Crippen LogP contribution in [-0.4, -0.2) is 22.4 Å². The quantitative estimate of drug-likeness (QED) is 0.777. The maximum absolute atomic E-state index is 10.2. The van der Waals surface area contributed by atoms with Gasteiger partial charge in [0.15, 0.2) is 0 Å². The van der Waals surface area contributed by atoms with Crippen molar-refractivity contribution in [2.24, 2.45) is 11.8 Å². The summed E-state index contributed by atoms with van der Waals surface area (Å²) in [7, 11) is 0. The van der Waals surface area contributed by atoms with E-state index < -0.39 is 12.2 Å². The highest BCUT2D eigenvalue weighted by molar-refractivity contribution is 4.84. The molecule has 2 rings (SSSR count). The van der Waals surface area contributed by atoms with Crippen molar-refractivity contribution in [3.8, 4) is 0 Å². The Kier molecular flexibility index (Phi) is 4.66. The monoisotopic (exact) mass is 226 g/mol. The summed E-state index contributed by atoms with van der Waals surface area (Å²) in [6.07, 6.45) is 11.1. The first-order valence-electron chi connectivity index (χ1n) is 7.15. The molecule has 2 nitrogen and oxygen atoms in total. The zero-order valence-corrected chi connectivity index (χ0v) is 10.3. The maximum Gasteiger partial charge on any atom is 0.0829 e. The number of hydrogen-bond acceptors (Lipinski definition) is 2. The predicted molar refractivity (Wildman–Crippen MR) is 65.2 cm³/mol. The van der Waals surface area contributed by atoms with Crippen molar-refractivity contribution < 1.29 is 10.2 Å². The summed E-state index contributed by atoms with van der Waals surface area (Å²) in [4.78, 5) is 0. The molecule has 2 N–H and O–H groups in total. The van der Waals surface area contributed by atoms with Crippen LogP contribution in [0.1, 0.15) is 64.2 Å². The standard InChI is InChI=1S/C14H26O2/c15-13(11-7-3-1-4-8-11)14(16)12-9-5-2-6-10-12/h11-16H,1-10H2/t13-,14?/m1/s1. The van der Waals surface area contributed by atoms with E-state index in [4.69, 9.17) is 0 Å². The second kappa shape index (κ2) is 6.02. The molecule has 2 aliphatic carbocycles. The van der Waals surface area contributed by atoms with Gasteiger partial charge < -0.3 is 10.2 Å². The first-order valence-corrected chi connectivity index (χ1v) is 7.15. The molecule has 2 fully saturated rings. The molecule has 0 aliphatic heterocycles. The lowest BCUT2D eigenvalue weighted by atomic mass is 9.77. The molecule has 2 aliphatic rings. The first-order chi connectivity index (χ1) is 7.79. The summed E-state index contributed by atoms with van der Waals surface area (Å²) < 4.78 is 0. The maximum atomic E-state index is 10.2. The van der Waals surface area contributed by atoms with Gasteiger partial charge in [-0.1, -0.05) is 38.5 Å². The van der Waals surface area contributed by atoms with E-state index in [0.29, 0.717) is 11.8 Å². The van der Waals surface area contributed by atoms with Crippen LogP contribution in [0.15, 0.2) is 0 Å². The number of aliphatic hydroxyl groups excluding tert-OH is 2. The smallest absolute Gasteiger partial charge is 0.0829 e. The Balaban J connectivity index is 1.84. The Morgan fingerprint density at radius 3 is 1.19 bits per heavy atom. The van der Waals surface area contributed by atoms with Gasteiger partial charge in [0.1, 0.15) is 0 Å². The largest absolute Gasteiger partial charge is 0.390 e. The summed E-state index contributed by atoms with van der Waals surface area (Å²) in [6.45, 7) is 0. The molecule has 0 saturated heterocycles. The molecule has 0 aromatic heterocycles. The minimum Gasteiger partial charge on any atom is -0.390 e. The molecule has 2 atom stereocenters. The number of aliphatic hydroxyl groups is 2. The number of hydrogen-bond donors (Lipinski definition) is 2. The molecular weight excluding hydrogens is 200 g/mol. The fourth-order valence-corrected chi connectivity index (χ4v) is 3.51. The number of rotatable bonds is 3. The van der Waals surface area contributed by atoms with Gasteiger partial charge in [0.25, 0.3) is 0 Å². The average molecular weight is 226 g/mol. The molecule has 0 amide bonds. The van der Waals surface area contributed by atoms with Gasteiger partial charge in [-0.2, -0.15) is 0 Å². The SMILES string of the molecule is OC(C1CCCCC1)[C@H](O)C1CCCCC1. The third kappa shape index (κ3) is 2.98. The van der Waals surface area contributed by atoms with E-state index in [1.54, 1.807) is 0 Å². The van der Waals surface area contributed by atoms with Gasteiger partial charge >= 0.3 is 0 Å². The topological polar surface area (TPSA) is 40.5 Å². The fraction of sp³-hybridized carbons (Fsp3) is 1.00. The second-order valence-corrected chi connectivity index (χ2v) is 5.78. The molecule has 0 aromatic rings. The van der Waals surface area contributed by atoms with Crippen LogP contribution in [0.25, 0.3) is 0 Å². The van der Waals surface area contributed by atoms with Crippen molar-refractivity contribution >= 4 is 0 Å². The minimum absolute atomic E-state index is 0.366. The summed E-state index contributed by atoms with van der Waals surface area (Å²) >= 11 is 0. The van der Waals surface area contributed by atoms with Crippen molar-refractivity contribution in [2.45, 2.75) is 76.4 Å². The first kappa shape index (κ1) is 12.4. The van der Waals surface area contributed by atoms with Crippen molar-refractivity contribution in [3.05, 3.63) is 0 Å². The zero-order valence-electron chi connectivity index (χ0n) is 10.3. The van der Waals surface area contributed by atoms with Gasteiger partial charge in [-0.25, -0.2) is 0 Å². The Morgan fingerprint density at radius 1 is 0.562 bits per heavy atom. The summed E-state index contributed by atoms with van der Waals surface area (Å²) in [6, 6.07) is 0. The van der Waals surface area contributed by atoms with E-state index >= 15 is 0 Å². The molecule has 0 heterocycles. The van der Waals surface area contributed by atoms with Gasteiger partial charge in [0, 0.05) is 0 Å². The molecule has 16 heavy (non-hydrogen) atoms.